The molecule has 1 aromatic carbocycles. The van der Waals surface area contributed by atoms with Crippen molar-refractivity contribution in [3.05, 3.63) is 35.9 Å². The predicted molar refractivity (Wildman–Crippen MR) is 64.5 cm³/mol. The quantitative estimate of drug-likeness (QED) is 0.720. The average Bonchev–Trinajstić information content (AvgIpc) is 2.27. The van der Waals surface area contributed by atoms with Crippen molar-refractivity contribution >= 4 is 10.1 Å². The van der Waals surface area contributed by atoms with Crippen LogP contribution in [-0.4, -0.2) is 14.2 Å². The number of benzene rings is 1. The van der Waals surface area contributed by atoms with E-state index in [-0.39, 0.29) is 18.3 Å². The zero-order valence-corrected chi connectivity index (χ0v) is 10.5. The van der Waals surface area contributed by atoms with Crippen LogP contribution in [0.5, 0.6) is 0 Å². The Kier molecular flexibility index (Phi) is 4.96. The minimum atomic E-state index is -3.39. The van der Waals surface area contributed by atoms with Gasteiger partial charge in [0.2, 0.25) is 0 Å². The van der Waals surface area contributed by atoms with Gasteiger partial charge >= 0.3 is 0 Å². The highest BCUT2D eigenvalue weighted by molar-refractivity contribution is 7.86. The molecule has 0 saturated heterocycles. The second-order valence-electron chi connectivity index (χ2n) is 3.99. The van der Waals surface area contributed by atoms with Crippen molar-refractivity contribution in [1.82, 2.24) is 0 Å². The minimum absolute atomic E-state index is 0.0936. The molecule has 1 rings (SSSR count). The molecular weight excluding hydrogens is 224 g/mol. The monoisotopic (exact) mass is 242 g/mol. The Balaban J connectivity index is 2.49. The van der Waals surface area contributed by atoms with Gasteiger partial charge in [0, 0.05) is 0 Å². The fourth-order valence-corrected chi connectivity index (χ4v) is 2.59. The molecule has 0 spiro atoms. The fourth-order valence-electron chi connectivity index (χ4n) is 1.25. The van der Waals surface area contributed by atoms with E-state index in [1.165, 1.54) is 0 Å². The number of rotatable bonds is 6. The van der Waals surface area contributed by atoms with Crippen LogP contribution < -0.4 is 0 Å². The second-order valence-corrected chi connectivity index (χ2v) is 5.67. The van der Waals surface area contributed by atoms with Gasteiger partial charge in [0.15, 0.2) is 0 Å². The zero-order chi connectivity index (χ0) is 12.0. The molecule has 0 N–H and O–H groups in total. The molecule has 1 unspecified atom stereocenters. The first kappa shape index (κ1) is 13.2. The van der Waals surface area contributed by atoms with E-state index >= 15 is 0 Å². The topological polar surface area (TPSA) is 43.4 Å². The Hall–Kier alpha value is -0.870. The third-order valence-electron chi connectivity index (χ3n) is 2.43. The molecule has 16 heavy (non-hydrogen) atoms. The summed E-state index contributed by atoms with van der Waals surface area (Å²) in [6.45, 7) is 4.00. The van der Waals surface area contributed by atoms with Crippen LogP contribution in [0.15, 0.2) is 30.3 Å². The summed E-state index contributed by atoms with van der Waals surface area (Å²) < 4.78 is 28.1. The van der Waals surface area contributed by atoms with E-state index in [2.05, 4.69) is 0 Å². The zero-order valence-electron chi connectivity index (χ0n) is 9.72. The first-order valence-corrected chi connectivity index (χ1v) is 7.02. The average molecular weight is 242 g/mol. The summed E-state index contributed by atoms with van der Waals surface area (Å²) in [4.78, 5) is 0. The highest BCUT2D eigenvalue weighted by Crippen LogP contribution is 2.09. The van der Waals surface area contributed by atoms with Crippen molar-refractivity contribution in [3.63, 3.8) is 0 Å². The van der Waals surface area contributed by atoms with E-state index in [1.807, 2.05) is 44.2 Å². The van der Waals surface area contributed by atoms with Gasteiger partial charge in [0.05, 0.1) is 12.4 Å². The van der Waals surface area contributed by atoms with Crippen molar-refractivity contribution in [2.24, 2.45) is 5.92 Å². The fraction of sp³-hybridized carbons (Fsp3) is 0.500. The molecule has 0 radical (unpaired) electrons. The van der Waals surface area contributed by atoms with Crippen LogP contribution in [0.1, 0.15) is 25.8 Å². The molecule has 0 amide bonds. The van der Waals surface area contributed by atoms with Crippen molar-refractivity contribution in [2.75, 3.05) is 5.75 Å². The van der Waals surface area contributed by atoms with E-state index in [4.69, 9.17) is 4.18 Å². The lowest BCUT2D eigenvalue weighted by Crippen LogP contribution is -2.16. The van der Waals surface area contributed by atoms with Crippen molar-refractivity contribution in [3.8, 4) is 0 Å². The van der Waals surface area contributed by atoms with E-state index in [0.29, 0.717) is 0 Å². The highest BCUT2D eigenvalue weighted by Gasteiger charge is 2.15. The van der Waals surface area contributed by atoms with E-state index < -0.39 is 10.1 Å². The molecule has 90 valence electrons. The SMILES string of the molecule is CCC(C)CS(=O)(=O)OCc1ccccc1. The summed E-state index contributed by atoms with van der Waals surface area (Å²) in [7, 11) is -3.39. The largest absolute Gasteiger partial charge is 0.267 e. The van der Waals surface area contributed by atoms with E-state index in [0.717, 1.165) is 12.0 Å². The smallest absolute Gasteiger partial charge is 0.265 e. The van der Waals surface area contributed by atoms with Gasteiger partial charge in [0.25, 0.3) is 10.1 Å². The summed E-state index contributed by atoms with van der Waals surface area (Å²) in [6.07, 6.45) is 0.841. The lowest BCUT2D eigenvalue weighted by molar-refractivity contribution is 0.304. The molecule has 0 aliphatic carbocycles. The maximum absolute atomic E-state index is 11.6. The Bertz CT molecular complexity index is 398. The molecule has 3 nitrogen and oxygen atoms in total. The summed E-state index contributed by atoms with van der Waals surface area (Å²) in [5.74, 6) is 0.233. The van der Waals surface area contributed by atoms with E-state index in [1.54, 1.807) is 0 Å². The first-order valence-electron chi connectivity index (χ1n) is 5.44. The molecule has 4 heteroatoms. The van der Waals surface area contributed by atoms with E-state index in [9.17, 15) is 8.42 Å². The Morgan fingerprint density at radius 2 is 1.88 bits per heavy atom. The Morgan fingerprint density at radius 1 is 1.25 bits per heavy atom. The summed E-state index contributed by atoms with van der Waals surface area (Å²) in [5.41, 5.74) is 0.871. The number of hydrogen-bond donors (Lipinski definition) is 0. The molecule has 1 aromatic rings. The Morgan fingerprint density at radius 3 is 2.44 bits per heavy atom. The van der Waals surface area contributed by atoms with Gasteiger partial charge in [0.1, 0.15) is 0 Å². The van der Waals surface area contributed by atoms with Gasteiger partial charge in [-0.3, -0.25) is 4.18 Å². The lowest BCUT2D eigenvalue weighted by Gasteiger charge is -2.09. The first-order chi connectivity index (χ1) is 7.53. The van der Waals surface area contributed by atoms with Crippen LogP contribution in [0.2, 0.25) is 0 Å². The third-order valence-corrected chi connectivity index (χ3v) is 3.89. The van der Waals surface area contributed by atoms with Gasteiger partial charge in [-0.05, 0) is 11.5 Å². The second kappa shape index (κ2) is 6.01. The summed E-state index contributed by atoms with van der Waals surface area (Å²) in [5, 5.41) is 0. The summed E-state index contributed by atoms with van der Waals surface area (Å²) >= 11 is 0. The van der Waals surface area contributed by atoms with Crippen LogP contribution in [0.4, 0.5) is 0 Å². The predicted octanol–water partition coefficient (Wildman–Crippen LogP) is 2.58. The molecule has 0 aromatic heterocycles. The van der Waals surface area contributed by atoms with Gasteiger partial charge < -0.3 is 0 Å². The molecule has 0 bridgehead atoms. The molecular formula is C12H18O3S. The molecule has 0 aliphatic heterocycles. The molecule has 0 fully saturated rings. The minimum Gasteiger partial charge on any atom is -0.265 e. The molecule has 1 atom stereocenters. The van der Waals surface area contributed by atoms with Crippen molar-refractivity contribution in [1.29, 1.82) is 0 Å². The lowest BCUT2D eigenvalue weighted by atomic mass is 10.2. The normalized spacial score (nSPS) is 13.6. The molecule has 0 saturated carbocycles. The van der Waals surface area contributed by atoms with Gasteiger partial charge in [-0.2, -0.15) is 8.42 Å². The van der Waals surface area contributed by atoms with Gasteiger partial charge in [-0.25, -0.2) is 0 Å². The van der Waals surface area contributed by atoms with Crippen LogP contribution >= 0.6 is 0 Å². The number of hydrogen-bond acceptors (Lipinski definition) is 3. The van der Waals surface area contributed by atoms with Crippen LogP contribution in [0, 0.1) is 5.92 Å². The van der Waals surface area contributed by atoms with Crippen molar-refractivity contribution < 1.29 is 12.6 Å². The van der Waals surface area contributed by atoms with Gasteiger partial charge in [-0.1, -0.05) is 50.6 Å². The Labute approximate surface area is 97.6 Å². The van der Waals surface area contributed by atoms with Gasteiger partial charge in [-0.15, -0.1) is 0 Å². The summed E-state index contributed by atoms with van der Waals surface area (Å²) in [6, 6.07) is 9.30. The maximum Gasteiger partial charge on any atom is 0.267 e. The molecule has 0 aliphatic rings. The van der Waals surface area contributed by atoms with Crippen molar-refractivity contribution in [2.45, 2.75) is 26.9 Å². The van der Waals surface area contributed by atoms with Crippen LogP contribution in [0.25, 0.3) is 0 Å². The third kappa shape index (κ3) is 4.77. The highest BCUT2D eigenvalue weighted by atomic mass is 32.2. The maximum atomic E-state index is 11.6. The standard InChI is InChI=1S/C12H18O3S/c1-3-11(2)10-16(13,14)15-9-12-7-5-4-6-8-12/h4-8,11H,3,9-10H2,1-2H3. The molecule has 0 heterocycles. The van der Waals surface area contributed by atoms with Crippen LogP contribution in [-0.2, 0) is 20.9 Å². The van der Waals surface area contributed by atoms with Crippen LogP contribution in [0.3, 0.4) is 0 Å².